The summed E-state index contributed by atoms with van der Waals surface area (Å²) in [6.07, 6.45) is 1.12. The SMILES string of the molecule is CCC(C#N)/N=N/C(C#N)(CC)c1ccccc1. The molecule has 4 nitrogen and oxygen atoms in total. The van der Waals surface area contributed by atoms with Crippen molar-refractivity contribution in [1.82, 2.24) is 0 Å². The van der Waals surface area contributed by atoms with Crippen molar-refractivity contribution < 1.29 is 0 Å². The molecule has 0 amide bonds. The molecule has 2 unspecified atom stereocenters. The van der Waals surface area contributed by atoms with Crippen LogP contribution in [0.15, 0.2) is 40.6 Å². The molecule has 4 heteroatoms. The lowest BCUT2D eigenvalue weighted by atomic mass is 9.90. The van der Waals surface area contributed by atoms with E-state index in [4.69, 9.17) is 5.26 Å². The summed E-state index contributed by atoms with van der Waals surface area (Å²) in [4.78, 5) is 0. The molecule has 0 spiro atoms. The summed E-state index contributed by atoms with van der Waals surface area (Å²) in [7, 11) is 0. The summed E-state index contributed by atoms with van der Waals surface area (Å²) >= 11 is 0. The van der Waals surface area contributed by atoms with Crippen LogP contribution in [0.1, 0.15) is 32.3 Å². The van der Waals surface area contributed by atoms with E-state index in [2.05, 4.69) is 22.4 Å². The molecule has 0 aliphatic heterocycles. The Kier molecular flexibility index (Phi) is 5.02. The molecule has 0 aliphatic rings. The summed E-state index contributed by atoms with van der Waals surface area (Å²) in [6, 6.07) is 13.1. The predicted molar refractivity (Wildman–Crippen MR) is 68.6 cm³/mol. The average Bonchev–Trinajstić information content (AvgIpc) is 2.45. The van der Waals surface area contributed by atoms with Gasteiger partial charge in [0, 0.05) is 0 Å². The van der Waals surface area contributed by atoms with E-state index in [0.29, 0.717) is 12.8 Å². The highest BCUT2D eigenvalue weighted by Gasteiger charge is 2.30. The second-order valence-electron chi connectivity index (χ2n) is 3.96. The summed E-state index contributed by atoms with van der Waals surface area (Å²) in [5.74, 6) is 0. The van der Waals surface area contributed by atoms with E-state index in [1.807, 2.05) is 44.2 Å². The third-order valence-electron chi connectivity index (χ3n) is 2.85. The number of azo groups is 1. The smallest absolute Gasteiger partial charge is 0.192 e. The number of benzene rings is 1. The standard InChI is InChI=1S/C14H16N4/c1-3-13(10-15)17-18-14(4-2,11-16)12-8-6-5-7-9-12/h5-9,13H,3-4H2,1-2H3/b18-17+. The highest BCUT2D eigenvalue weighted by Crippen LogP contribution is 2.29. The maximum atomic E-state index is 9.40. The van der Waals surface area contributed by atoms with Crippen LogP contribution in [0.2, 0.25) is 0 Å². The lowest BCUT2D eigenvalue weighted by molar-refractivity contribution is 0.507. The van der Waals surface area contributed by atoms with E-state index in [1.54, 1.807) is 0 Å². The highest BCUT2D eigenvalue weighted by atomic mass is 15.2. The van der Waals surface area contributed by atoms with E-state index < -0.39 is 11.6 Å². The van der Waals surface area contributed by atoms with Crippen LogP contribution in [0.25, 0.3) is 0 Å². The topological polar surface area (TPSA) is 72.3 Å². The second kappa shape index (κ2) is 6.51. The van der Waals surface area contributed by atoms with Gasteiger partial charge in [0.05, 0.1) is 12.1 Å². The van der Waals surface area contributed by atoms with Crippen molar-refractivity contribution in [2.45, 2.75) is 38.3 Å². The maximum absolute atomic E-state index is 9.40. The molecule has 0 heterocycles. The van der Waals surface area contributed by atoms with E-state index in [1.165, 1.54) is 0 Å². The summed E-state index contributed by atoms with van der Waals surface area (Å²) in [5, 5.41) is 26.4. The highest BCUT2D eigenvalue weighted by molar-refractivity contribution is 5.31. The number of hydrogen-bond acceptors (Lipinski definition) is 4. The van der Waals surface area contributed by atoms with Gasteiger partial charge in [-0.05, 0) is 18.4 Å². The van der Waals surface area contributed by atoms with Gasteiger partial charge in [0.1, 0.15) is 0 Å². The molecule has 0 fully saturated rings. The Morgan fingerprint density at radius 1 is 1.22 bits per heavy atom. The lowest BCUT2D eigenvalue weighted by Gasteiger charge is -2.19. The zero-order valence-electron chi connectivity index (χ0n) is 10.7. The molecule has 92 valence electrons. The molecular weight excluding hydrogens is 224 g/mol. The van der Waals surface area contributed by atoms with Crippen molar-refractivity contribution >= 4 is 0 Å². The number of rotatable bonds is 5. The van der Waals surface area contributed by atoms with Crippen LogP contribution in [0.3, 0.4) is 0 Å². The van der Waals surface area contributed by atoms with Crippen molar-refractivity contribution in [2.24, 2.45) is 10.2 Å². The normalized spacial score (nSPS) is 15.6. The van der Waals surface area contributed by atoms with Gasteiger partial charge < -0.3 is 0 Å². The Labute approximate surface area is 108 Å². The summed E-state index contributed by atoms with van der Waals surface area (Å²) in [5.41, 5.74) is -0.169. The number of nitrogens with zero attached hydrogens (tertiary/aromatic N) is 4. The quantitative estimate of drug-likeness (QED) is 0.738. The first kappa shape index (κ1) is 13.9. The van der Waals surface area contributed by atoms with Crippen LogP contribution in [-0.2, 0) is 5.54 Å². The van der Waals surface area contributed by atoms with Crippen molar-refractivity contribution in [3.05, 3.63) is 35.9 Å². The summed E-state index contributed by atoms with van der Waals surface area (Å²) in [6.45, 7) is 3.76. The molecule has 0 aliphatic carbocycles. The fourth-order valence-corrected chi connectivity index (χ4v) is 1.58. The maximum Gasteiger partial charge on any atom is 0.192 e. The van der Waals surface area contributed by atoms with Crippen LogP contribution in [0.4, 0.5) is 0 Å². The fraction of sp³-hybridized carbons (Fsp3) is 0.429. The van der Waals surface area contributed by atoms with Crippen LogP contribution in [0, 0.1) is 22.7 Å². The molecule has 0 bridgehead atoms. The van der Waals surface area contributed by atoms with Crippen molar-refractivity contribution in [1.29, 1.82) is 10.5 Å². The van der Waals surface area contributed by atoms with Crippen LogP contribution in [-0.4, -0.2) is 6.04 Å². The van der Waals surface area contributed by atoms with E-state index in [-0.39, 0.29) is 0 Å². The Bertz CT molecular complexity index is 481. The molecular formula is C14H16N4. The molecule has 1 aromatic carbocycles. The Morgan fingerprint density at radius 2 is 1.89 bits per heavy atom. The van der Waals surface area contributed by atoms with Crippen molar-refractivity contribution in [3.63, 3.8) is 0 Å². The van der Waals surface area contributed by atoms with Gasteiger partial charge in [0.2, 0.25) is 0 Å². The summed E-state index contributed by atoms with van der Waals surface area (Å²) < 4.78 is 0. The number of hydrogen-bond donors (Lipinski definition) is 0. The zero-order valence-corrected chi connectivity index (χ0v) is 10.7. The van der Waals surface area contributed by atoms with Gasteiger partial charge in [-0.1, -0.05) is 44.2 Å². The third kappa shape index (κ3) is 2.93. The van der Waals surface area contributed by atoms with Crippen molar-refractivity contribution in [2.75, 3.05) is 0 Å². The molecule has 0 saturated carbocycles. The molecule has 1 aromatic rings. The Hall–Kier alpha value is -2.20. The molecule has 1 rings (SSSR count). The monoisotopic (exact) mass is 240 g/mol. The third-order valence-corrected chi connectivity index (χ3v) is 2.85. The number of nitriles is 2. The van der Waals surface area contributed by atoms with E-state index in [9.17, 15) is 5.26 Å². The Morgan fingerprint density at radius 3 is 2.33 bits per heavy atom. The molecule has 0 aromatic heterocycles. The predicted octanol–water partition coefficient (Wildman–Crippen LogP) is 3.57. The fourth-order valence-electron chi connectivity index (χ4n) is 1.58. The largest absolute Gasteiger partial charge is 0.196 e. The van der Waals surface area contributed by atoms with Gasteiger partial charge in [0.25, 0.3) is 0 Å². The van der Waals surface area contributed by atoms with Gasteiger partial charge in [-0.25, -0.2) is 0 Å². The first-order chi connectivity index (χ1) is 8.72. The van der Waals surface area contributed by atoms with Gasteiger partial charge >= 0.3 is 0 Å². The molecule has 0 radical (unpaired) electrons. The minimum atomic E-state index is -0.981. The average molecular weight is 240 g/mol. The first-order valence-electron chi connectivity index (χ1n) is 6.00. The van der Waals surface area contributed by atoms with Crippen LogP contribution in [0.5, 0.6) is 0 Å². The lowest BCUT2D eigenvalue weighted by Crippen LogP contribution is -2.20. The second-order valence-corrected chi connectivity index (χ2v) is 3.96. The van der Waals surface area contributed by atoms with Gasteiger partial charge in [-0.15, -0.1) is 0 Å². The molecule has 0 saturated heterocycles. The zero-order chi connectivity index (χ0) is 13.4. The molecule has 18 heavy (non-hydrogen) atoms. The van der Waals surface area contributed by atoms with Gasteiger partial charge in [-0.2, -0.15) is 20.8 Å². The van der Waals surface area contributed by atoms with E-state index in [0.717, 1.165) is 5.56 Å². The van der Waals surface area contributed by atoms with Crippen LogP contribution >= 0.6 is 0 Å². The van der Waals surface area contributed by atoms with E-state index >= 15 is 0 Å². The first-order valence-corrected chi connectivity index (χ1v) is 6.00. The molecule has 2 atom stereocenters. The molecule has 0 N–H and O–H groups in total. The Balaban J connectivity index is 3.11. The van der Waals surface area contributed by atoms with Crippen LogP contribution < -0.4 is 0 Å². The van der Waals surface area contributed by atoms with Gasteiger partial charge in [0.15, 0.2) is 11.6 Å². The minimum Gasteiger partial charge on any atom is -0.196 e. The minimum absolute atomic E-state index is 0.479. The van der Waals surface area contributed by atoms with Crippen molar-refractivity contribution in [3.8, 4) is 12.1 Å². The van der Waals surface area contributed by atoms with Gasteiger partial charge in [-0.3, -0.25) is 0 Å².